The molecule has 2 atom stereocenters. The van der Waals surface area contributed by atoms with Gasteiger partial charge in [-0.1, -0.05) is 39.5 Å². The lowest BCUT2D eigenvalue weighted by Gasteiger charge is -2.38. The zero-order chi connectivity index (χ0) is 9.03. The van der Waals surface area contributed by atoms with Crippen LogP contribution in [0.4, 0.5) is 0 Å². The van der Waals surface area contributed by atoms with E-state index in [1.54, 1.807) is 0 Å². The quantitative estimate of drug-likeness (QED) is 0.690. The van der Waals surface area contributed by atoms with Crippen LogP contribution in [0, 0.1) is 5.92 Å². The van der Waals surface area contributed by atoms with Gasteiger partial charge in [-0.2, -0.15) is 0 Å². The molecule has 1 saturated carbocycles. The van der Waals surface area contributed by atoms with E-state index in [9.17, 15) is 5.11 Å². The van der Waals surface area contributed by atoms with Crippen molar-refractivity contribution in [3.8, 4) is 0 Å². The Morgan fingerprint density at radius 1 is 1.42 bits per heavy atom. The molecule has 1 N–H and O–H groups in total. The third kappa shape index (κ3) is 2.22. The lowest BCUT2D eigenvalue weighted by atomic mass is 9.74. The summed E-state index contributed by atoms with van der Waals surface area (Å²) in [5, 5.41) is 10.3. The van der Waals surface area contributed by atoms with Crippen LogP contribution in [0.1, 0.15) is 58.8 Å². The van der Waals surface area contributed by atoms with Crippen molar-refractivity contribution in [1.82, 2.24) is 0 Å². The van der Waals surface area contributed by atoms with Crippen molar-refractivity contribution in [1.29, 1.82) is 0 Å². The Balaban J connectivity index is 2.42. The number of hydrogen-bond acceptors (Lipinski definition) is 1. The van der Waals surface area contributed by atoms with Crippen molar-refractivity contribution >= 4 is 0 Å². The summed E-state index contributed by atoms with van der Waals surface area (Å²) in [6.45, 7) is 4.39. The first-order chi connectivity index (χ1) is 5.69. The van der Waals surface area contributed by atoms with Crippen LogP contribution in [0.2, 0.25) is 0 Å². The summed E-state index contributed by atoms with van der Waals surface area (Å²) >= 11 is 0. The van der Waals surface area contributed by atoms with Gasteiger partial charge >= 0.3 is 0 Å². The Morgan fingerprint density at radius 3 is 2.75 bits per heavy atom. The van der Waals surface area contributed by atoms with Crippen molar-refractivity contribution in [3.63, 3.8) is 0 Å². The zero-order valence-corrected chi connectivity index (χ0v) is 8.47. The number of unbranched alkanes of at least 4 members (excludes halogenated alkanes) is 1. The molecule has 1 heteroatoms. The first kappa shape index (κ1) is 10.0. The molecular weight excluding hydrogens is 148 g/mol. The van der Waals surface area contributed by atoms with Crippen LogP contribution >= 0.6 is 0 Å². The standard InChI is InChI=1S/C11H22O/c1-3-4-8-11(12)9-6-5-7-10(11)2/h10,12H,3-9H2,1-2H3. The van der Waals surface area contributed by atoms with Gasteiger partial charge in [0, 0.05) is 0 Å². The van der Waals surface area contributed by atoms with Crippen LogP contribution in [-0.4, -0.2) is 10.7 Å². The van der Waals surface area contributed by atoms with Gasteiger partial charge in [0.15, 0.2) is 0 Å². The molecule has 1 fully saturated rings. The van der Waals surface area contributed by atoms with Crippen LogP contribution in [-0.2, 0) is 0 Å². The minimum atomic E-state index is -0.311. The summed E-state index contributed by atoms with van der Waals surface area (Å²) in [6, 6.07) is 0. The van der Waals surface area contributed by atoms with E-state index >= 15 is 0 Å². The molecule has 0 heterocycles. The van der Waals surface area contributed by atoms with Crippen LogP contribution in [0.5, 0.6) is 0 Å². The molecule has 0 aromatic heterocycles. The summed E-state index contributed by atoms with van der Waals surface area (Å²) in [6.07, 6.45) is 8.20. The monoisotopic (exact) mass is 170 g/mol. The summed E-state index contributed by atoms with van der Waals surface area (Å²) in [5.41, 5.74) is -0.311. The first-order valence-corrected chi connectivity index (χ1v) is 5.41. The lowest BCUT2D eigenvalue weighted by molar-refractivity contribution is -0.0493. The van der Waals surface area contributed by atoms with E-state index in [0.29, 0.717) is 5.92 Å². The summed E-state index contributed by atoms with van der Waals surface area (Å²) < 4.78 is 0. The van der Waals surface area contributed by atoms with Gasteiger partial charge in [0.2, 0.25) is 0 Å². The molecule has 0 spiro atoms. The third-order valence-electron chi connectivity index (χ3n) is 3.38. The molecule has 0 aromatic carbocycles. The largest absolute Gasteiger partial charge is 0.390 e. The summed E-state index contributed by atoms with van der Waals surface area (Å²) in [4.78, 5) is 0. The predicted molar refractivity (Wildman–Crippen MR) is 52.1 cm³/mol. The molecule has 1 nitrogen and oxygen atoms in total. The second-order valence-electron chi connectivity index (χ2n) is 4.35. The van der Waals surface area contributed by atoms with E-state index in [-0.39, 0.29) is 5.60 Å². The SMILES string of the molecule is CCCCC1(O)CCCCC1C. The van der Waals surface area contributed by atoms with Crippen molar-refractivity contribution in [2.45, 2.75) is 64.4 Å². The van der Waals surface area contributed by atoms with E-state index in [0.717, 1.165) is 12.8 Å². The van der Waals surface area contributed by atoms with Crippen LogP contribution in [0.25, 0.3) is 0 Å². The van der Waals surface area contributed by atoms with Gasteiger partial charge in [-0.25, -0.2) is 0 Å². The molecule has 1 rings (SSSR count). The highest BCUT2D eigenvalue weighted by atomic mass is 16.3. The second kappa shape index (κ2) is 4.27. The maximum absolute atomic E-state index is 10.3. The van der Waals surface area contributed by atoms with E-state index in [1.165, 1.54) is 32.1 Å². The van der Waals surface area contributed by atoms with Crippen LogP contribution < -0.4 is 0 Å². The fourth-order valence-corrected chi connectivity index (χ4v) is 2.25. The van der Waals surface area contributed by atoms with Gasteiger partial charge < -0.3 is 5.11 Å². The van der Waals surface area contributed by atoms with Gasteiger partial charge in [0.1, 0.15) is 0 Å². The average molecular weight is 170 g/mol. The highest BCUT2D eigenvalue weighted by Gasteiger charge is 2.34. The fraction of sp³-hybridized carbons (Fsp3) is 1.00. The second-order valence-corrected chi connectivity index (χ2v) is 4.35. The summed E-state index contributed by atoms with van der Waals surface area (Å²) in [5.74, 6) is 0.526. The van der Waals surface area contributed by atoms with Gasteiger partial charge in [-0.3, -0.25) is 0 Å². The highest BCUT2D eigenvalue weighted by Crippen LogP contribution is 2.36. The minimum Gasteiger partial charge on any atom is -0.390 e. The fourth-order valence-electron chi connectivity index (χ4n) is 2.25. The van der Waals surface area contributed by atoms with Gasteiger partial charge in [-0.15, -0.1) is 0 Å². The third-order valence-corrected chi connectivity index (χ3v) is 3.38. The highest BCUT2D eigenvalue weighted by molar-refractivity contribution is 4.87. The lowest BCUT2D eigenvalue weighted by Crippen LogP contribution is -2.38. The van der Waals surface area contributed by atoms with Crippen LogP contribution in [0.15, 0.2) is 0 Å². The van der Waals surface area contributed by atoms with Gasteiger partial charge in [0.05, 0.1) is 5.60 Å². The predicted octanol–water partition coefficient (Wildman–Crippen LogP) is 3.12. The normalized spacial score (nSPS) is 36.8. The van der Waals surface area contributed by atoms with Crippen molar-refractivity contribution in [2.75, 3.05) is 0 Å². The first-order valence-electron chi connectivity index (χ1n) is 5.41. The molecule has 1 aliphatic rings. The molecule has 1 aliphatic carbocycles. The zero-order valence-electron chi connectivity index (χ0n) is 8.47. The Kier molecular flexibility index (Phi) is 3.57. The van der Waals surface area contributed by atoms with Crippen molar-refractivity contribution in [2.24, 2.45) is 5.92 Å². The van der Waals surface area contributed by atoms with Gasteiger partial charge in [0.25, 0.3) is 0 Å². The van der Waals surface area contributed by atoms with Gasteiger partial charge in [-0.05, 0) is 25.2 Å². The Hall–Kier alpha value is -0.0400. The van der Waals surface area contributed by atoms with E-state index < -0.39 is 0 Å². The maximum Gasteiger partial charge on any atom is 0.0673 e. The molecule has 0 saturated heterocycles. The molecule has 2 unspecified atom stereocenters. The molecule has 0 radical (unpaired) electrons. The van der Waals surface area contributed by atoms with E-state index in [2.05, 4.69) is 13.8 Å². The summed E-state index contributed by atoms with van der Waals surface area (Å²) in [7, 11) is 0. The number of aliphatic hydroxyl groups is 1. The van der Waals surface area contributed by atoms with Crippen molar-refractivity contribution in [3.05, 3.63) is 0 Å². The molecular formula is C11H22O. The number of rotatable bonds is 3. The smallest absolute Gasteiger partial charge is 0.0673 e. The average Bonchev–Trinajstić information content (AvgIpc) is 2.07. The number of hydrogen-bond donors (Lipinski definition) is 1. The molecule has 0 aromatic rings. The van der Waals surface area contributed by atoms with Crippen LogP contribution in [0.3, 0.4) is 0 Å². The molecule has 72 valence electrons. The maximum atomic E-state index is 10.3. The molecule has 0 bridgehead atoms. The van der Waals surface area contributed by atoms with E-state index in [4.69, 9.17) is 0 Å². The molecule has 12 heavy (non-hydrogen) atoms. The Bertz CT molecular complexity index is 133. The Labute approximate surface area is 76.2 Å². The minimum absolute atomic E-state index is 0.311. The Morgan fingerprint density at radius 2 is 2.17 bits per heavy atom. The topological polar surface area (TPSA) is 20.2 Å². The molecule has 0 aliphatic heterocycles. The molecule has 0 amide bonds. The van der Waals surface area contributed by atoms with Crippen molar-refractivity contribution < 1.29 is 5.11 Å². The van der Waals surface area contributed by atoms with E-state index in [1.807, 2.05) is 0 Å².